The molecule has 0 spiro atoms. The van der Waals surface area contributed by atoms with Crippen molar-refractivity contribution in [2.75, 3.05) is 21.0 Å². The molecule has 9 heteroatoms. The van der Waals surface area contributed by atoms with Crippen LogP contribution in [0.2, 0.25) is 0 Å². The van der Waals surface area contributed by atoms with Crippen molar-refractivity contribution in [3.8, 4) is 17.1 Å². The first kappa shape index (κ1) is 16.8. The molecule has 0 saturated carbocycles. The molecule has 0 radical (unpaired) electrons. The highest BCUT2D eigenvalue weighted by Crippen LogP contribution is 2.31. The van der Waals surface area contributed by atoms with Gasteiger partial charge in [-0.25, -0.2) is 9.78 Å². The van der Waals surface area contributed by atoms with Gasteiger partial charge in [0.05, 0.1) is 13.3 Å². The molecule has 0 aliphatic carbocycles. The van der Waals surface area contributed by atoms with E-state index in [0.29, 0.717) is 11.8 Å². The maximum Gasteiger partial charge on any atom is 0.432 e. The first-order valence-electron chi connectivity index (χ1n) is 6.33. The summed E-state index contributed by atoms with van der Waals surface area (Å²) in [5.74, 6) is -0.532. The van der Waals surface area contributed by atoms with E-state index in [9.17, 15) is 18.0 Å². The maximum atomic E-state index is 12.6. The van der Waals surface area contributed by atoms with Crippen molar-refractivity contribution in [1.82, 2.24) is 9.97 Å². The molecule has 124 valence electrons. The summed E-state index contributed by atoms with van der Waals surface area (Å²) in [7, 11) is 2.60. The molecule has 6 nitrogen and oxygen atoms in total. The zero-order chi connectivity index (χ0) is 17.0. The molecule has 23 heavy (non-hydrogen) atoms. The summed E-state index contributed by atoms with van der Waals surface area (Å²) in [4.78, 5) is 17.5. The lowest BCUT2D eigenvalue weighted by Crippen LogP contribution is -2.08. The standard InChI is InChI=1S/C14H13F3N2O4/c1-21-7-23-10-5-8(3-4-9(10)13(20)22-2)12-18-6-11(19-12)14(15,16)17/h3-6H,7H2,1-2H3,(H,18,19). The van der Waals surface area contributed by atoms with Crippen molar-refractivity contribution in [2.45, 2.75) is 6.18 Å². The Balaban J connectivity index is 2.40. The van der Waals surface area contributed by atoms with E-state index in [0.717, 1.165) is 0 Å². The van der Waals surface area contributed by atoms with Crippen LogP contribution in [0.4, 0.5) is 13.2 Å². The smallest absolute Gasteiger partial charge is 0.432 e. The number of H-pyrrole nitrogens is 1. The molecule has 0 amide bonds. The molecule has 0 aliphatic rings. The Labute approximate surface area is 129 Å². The number of alkyl halides is 3. The van der Waals surface area contributed by atoms with E-state index >= 15 is 0 Å². The van der Waals surface area contributed by atoms with Gasteiger partial charge >= 0.3 is 12.1 Å². The minimum atomic E-state index is -4.52. The van der Waals surface area contributed by atoms with Crippen LogP contribution < -0.4 is 4.74 Å². The van der Waals surface area contributed by atoms with Crippen molar-refractivity contribution in [1.29, 1.82) is 0 Å². The number of carbonyl (C=O) groups excluding carboxylic acids is 1. The van der Waals surface area contributed by atoms with Gasteiger partial charge in [-0.2, -0.15) is 13.2 Å². The molecular weight excluding hydrogens is 317 g/mol. The fourth-order valence-electron chi connectivity index (χ4n) is 1.80. The van der Waals surface area contributed by atoms with E-state index in [1.807, 2.05) is 0 Å². The second-order valence-corrected chi connectivity index (χ2v) is 4.40. The van der Waals surface area contributed by atoms with Gasteiger partial charge in [-0.05, 0) is 12.1 Å². The Hall–Kier alpha value is -2.55. The molecule has 2 aromatic rings. The predicted octanol–water partition coefficient (Wildman–Crippen LogP) is 2.86. The number of hydrogen-bond donors (Lipinski definition) is 1. The lowest BCUT2D eigenvalue weighted by atomic mass is 10.1. The first-order chi connectivity index (χ1) is 10.9. The zero-order valence-electron chi connectivity index (χ0n) is 12.2. The molecule has 0 fully saturated rings. The summed E-state index contributed by atoms with van der Waals surface area (Å²) in [5.41, 5.74) is -0.529. The zero-order valence-corrected chi connectivity index (χ0v) is 12.2. The monoisotopic (exact) mass is 330 g/mol. The van der Waals surface area contributed by atoms with E-state index < -0.39 is 17.8 Å². The lowest BCUT2D eigenvalue weighted by Gasteiger charge is -2.10. The van der Waals surface area contributed by atoms with Crippen LogP contribution in [0.1, 0.15) is 16.1 Å². The number of nitrogens with zero attached hydrogens (tertiary/aromatic N) is 1. The van der Waals surface area contributed by atoms with Crippen LogP contribution in [-0.4, -0.2) is 36.9 Å². The van der Waals surface area contributed by atoms with Crippen molar-refractivity contribution >= 4 is 5.97 Å². The van der Waals surface area contributed by atoms with Crippen LogP contribution in [-0.2, 0) is 15.7 Å². The Kier molecular flexibility index (Phi) is 4.89. The van der Waals surface area contributed by atoms with Gasteiger partial charge < -0.3 is 19.2 Å². The van der Waals surface area contributed by atoms with Gasteiger partial charge in [-0.15, -0.1) is 0 Å². The quantitative estimate of drug-likeness (QED) is 0.674. The molecule has 0 atom stereocenters. The van der Waals surface area contributed by atoms with E-state index in [2.05, 4.69) is 14.7 Å². The molecule has 1 aromatic carbocycles. The number of aromatic amines is 1. The summed E-state index contributed by atoms with van der Waals surface area (Å²) in [6.07, 6.45) is -3.83. The lowest BCUT2D eigenvalue weighted by molar-refractivity contribution is -0.140. The number of rotatable bonds is 5. The average Bonchev–Trinajstić information content (AvgIpc) is 3.02. The highest BCUT2D eigenvalue weighted by molar-refractivity contribution is 5.93. The maximum absolute atomic E-state index is 12.6. The second kappa shape index (κ2) is 6.69. The number of methoxy groups -OCH3 is 2. The van der Waals surface area contributed by atoms with Crippen molar-refractivity contribution < 1.29 is 32.2 Å². The minimum Gasteiger partial charge on any atom is -0.467 e. The molecule has 1 N–H and O–H groups in total. The van der Waals surface area contributed by atoms with Gasteiger partial charge in [0.25, 0.3) is 0 Å². The van der Waals surface area contributed by atoms with Gasteiger partial charge in [-0.1, -0.05) is 6.07 Å². The number of aromatic nitrogens is 2. The highest BCUT2D eigenvalue weighted by atomic mass is 19.4. The fraction of sp³-hybridized carbons (Fsp3) is 0.286. The van der Waals surface area contributed by atoms with Crippen molar-refractivity contribution in [2.24, 2.45) is 0 Å². The second-order valence-electron chi connectivity index (χ2n) is 4.40. The Morgan fingerprint density at radius 2 is 2.04 bits per heavy atom. The number of hydrogen-bond acceptors (Lipinski definition) is 5. The summed E-state index contributed by atoms with van der Waals surface area (Å²) in [6, 6.07) is 4.19. The van der Waals surface area contributed by atoms with Crippen LogP contribution in [0.3, 0.4) is 0 Å². The summed E-state index contributed by atoms with van der Waals surface area (Å²) in [5, 5.41) is 0. The van der Waals surface area contributed by atoms with Gasteiger partial charge in [-0.3, -0.25) is 0 Å². The van der Waals surface area contributed by atoms with E-state index in [1.54, 1.807) is 0 Å². The average molecular weight is 330 g/mol. The largest absolute Gasteiger partial charge is 0.467 e. The van der Waals surface area contributed by atoms with E-state index in [4.69, 9.17) is 9.47 Å². The molecule has 1 heterocycles. The number of carbonyl (C=O) groups is 1. The number of halogens is 3. The Bertz CT molecular complexity index is 698. The van der Waals surface area contributed by atoms with E-state index in [-0.39, 0.29) is 23.9 Å². The molecule has 1 aromatic heterocycles. The molecular formula is C14H13F3N2O4. The topological polar surface area (TPSA) is 73.4 Å². The molecule has 2 rings (SSSR count). The van der Waals surface area contributed by atoms with Gasteiger partial charge in [0.15, 0.2) is 6.79 Å². The van der Waals surface area contributed by atoms with Crippen molar-refractivity contribution in [3.63, 3.8) is 0 Å². The summed E-state index contributed by atoms with van der Waals surface area (Å²) < 4.78 is 52.5. The molecule has 0 bridgehead atoms. The third-order valence-electron chi connectivity index (χ3n) is 2.87. The van der Waals surface area contributed by atoms with Gasteiger partial charge in [0.2, 0.25) is 0 Å². The predicted molar refractivity (Wildman–Crippen MR) is 72.9 cm³/mol. The first-order valence-corrected chi connectivity index (χ1v) is 6.33. The number of esters is 1. The Morgan fingerprint density at radius 1 is 1.30 bits per heavy atom. The normalized spacial score (nSPS) is 11.3. The molecule has 0 aliphatic heterocycles. The van der Waals surface area contributed by atoms with Crippen LogP contribution in [0.15, 0.2) is 24.4 Å². The number of nitrogens with one attached hydrogen (secondary N) is 1. The summed E-state index contributed by atoms with van der Waals surface area (Å²) >= 11 is 0. The van der Waals surface area contributed by atoms with Crippen molar-refractivity contribution in [3.05, 3.63) is 35.7 Å². The minimum absolute atomic E-state index is 0.00370. The molecule has 0 unspecified atom stereocenters. The molecule has 0 saturated heterocycles. The number of benzene rings is 1. The van der Waals surface area contributed by atoms with Crippen LogP contribution in [0, 0.1) is 0 Å². The third-order valence-corrected chi connectivity index (χ3v) is 2.87. The summed E-state index contributed by atoms with van der Waals surface area (Å²) in [6.45, 7) is -0.139. The van der Waals surface area contributed by atoms with Crippen LogP contribution >= 0.6 is 0 Å². The fourth-order valence-corrected chi connectivity index (χ4v) is 1.80. The van der Waals surface area contributed by atoms with E-state index in [1.165, 1.54) is 32.4 Å². The van der Waals surface area contributed by atoms with Gasteiger partial charge in [0, 0.05) is 12.7 Å². The third kappa shape index (κ3) is 3.81. The van der Waals surface area contributed by atoms with Crippen LogP contribution in [0.25, 0.3) is 11.4 Å². The van der Waals surface area contributed by atoms with Crippen LogP contribution in [0.5, 0.6) is 5.75 Å². The Morgan fingerprint density at radius 3 is 2.61 bits per heavy atom. The number of imidazole rings is 1. The number of ether oxygens (including phenoxy) is 3. The SMILES string of the molecule is COCOc1cc(-c2ncc(C(F)(F)F)[nH]2)ccc1C(=O)OC. The highest BCUT2D eigenvalue weighted by Gasteiger charge is 2.33. The van der Waals surface area contributed by atoms with Gasteiger partial charge in [0.1, 0.15) is 22.8 Å².